The van der Waals surface area contributed by atoms with Crippen molar-refractivity contribution in [2.75, 3.05) is 13.2 Å². The Morgan fingerprint density at radius 2 is 1.79 bits per heavy atom. The van der Waals surface area contributed by atoms with E-state index in [0.717, 1.165) is 0 Å². The molecule has 3 rings (SSSR count). The zero-order valence-electron chi connectivity index (χ0n) is 14.8. The number of carbonyl (C=O) groups is 1. The lowest BCUT2D eigenvalue weighted by atomic mass is 10.1. The van der Waals surface area contributed by atoms with E-state index in [0.29, 0.717) is 22.0 Å². The largest absolute Gasteiger partial charge is 0.484 e. The molecule has 6 nitrogen and oxygen atoms in total. The zero-order valence-corrected chi connectivity index (χ0v) is 15.5. The number of rotatable bonds is 7. The molecule has 0 bridgehead atoms. The SMILES string of the molecule is O=C(COc1ccc(Cl)cc1)NCCn1nc(-c2ccc(F)cc2)ccc1=O. The van der Waals surface area contributed by atoms with E-state index in [4.69, 9.17) is 16.3 Å². The van der Waals surface area contributed by atoms with E-state index in [2.05, 4.69) is 10.4 Å². The van der Waals surface area contributed by atoms with Gasteiger partial charge in [0.05, 0.1) is 12.2 Å². The number of carbonyl (C=O) groups excluding carboxylic acids is 1. The van der Waals surface area contributed by atoms with E-state index in [1.165, 1.54) is 22.9 Å². The Morgan fingerprint density at radius 1 is 1.07 bits per heavy atom. The molecule has 1 amide bonds. The number of benzene rings is 2. The number of nitrogens with one attached hydrogen (secondary N) is 1. The van der Waals surface area contributed by atoms with Crippen LogP contribution < -0.4 is 15.6 Å². The molecule has 0 atom stereocenters. The van der Waals surface area contributed by atoms with Crippen LogP contribution in [-0.2, 0) is 11.3 Å². The van der Waals surface area contributed by atoms with Crippen molar-refractivity contribution < 1.29 is 13.9 Å². The highest BCUT2D eigenvalue weighted by Crippen LogP contribution is 2.16. The minimum absolute atomic E-state index is 0.153. The van der Waals surface area contributed by atoms with Crippen molar-refractivity contribution >= 4 is 17.5 Å². The second kappa shape index (κ2) is 9.14. The standard InChI is InChI=1S/C20H17ClFN3O3/c21-15-3-7-17(8-4-15)28-13-19(26)23-11-12-25-20(27)10-9-18(24-25)14-1-5-16(22)6-2-14/h1-10H,11-13H2,(H,23,26). The summed E-state index contributed by atoms with van der Waals surface area (Å²) >= 11 is 5.79. The van der Waals surface area contributed by atoms with E-state index < -0.39 is 0 Å². The molecule has 0 saturated carbocycles. The molecule has 144 valence electrons. The van der Waals surface area contributed by atoms with Crippen LogP contribution in [0.1, 0.15) is 0 Å². The average Bonchev–Trinajstić information content (AvgIpc) is 2.70. The van der Waals surface area contributed by atoms with E-state index in [9.17, 15) is 14.0 Å². The van der Waals surface area contributed by atoms with Crippen LogP contribution in [0, 0.1) is 5.82 Å². The Morgan fingerprint density at radius 3 is 2.50 bits per heavy atom. The summed E-state index contributed by atoms with van der Waals surface area (Å²) in [7, 11) is 0. The highest BCUT2D eigenvalue weighted by molar-refractivity contribution is 6.30. The molecule has 0 spiro atoms. The number of halogens is 2. The lowest BCUT2D eigenvalue weighted by molar-refractivity contribution is -0.123. The molecular formula is C20H17ClFN3O3. The molecular weight excluding hydrogens is 385 g/mol. The molecule has 1 aromatic heterocycles. The fraction of sp³-hybridized carbons (Fsp3) is 0.150. The third kappa shape index (κ3) is 5.40. The first kappa shape index (κ1) is 19.6. The number of hydrogen-bond acceptors (Lipinski definition) is 4. The molecule has 0 unspecified atom stereocenters. The van der Waals surface area contributed by atoms with Crippen LogP contribution in [0.3, 0.4) is 0 Å². The molecule has 0 radical (unpaired) electrons. The lowest BCUT2D eigenvalue weighted by Crippen LogP contribution is -2.34. The van der Waals surface area contributed by atoms with Crippen molar-refractivity contribution in [3.63, 3.8) is 0 Å². The average molecular weight is 402 g/mol. The van der Waals surface area contributed by atoms with Crippen LogP contribution in [0.25, 0.3) is 11.3 Å². The molecule has 0 aliphatic rings. The minimum atomic E-state index is -0.347. The molecule has 8 heteroatoms. The van der Waals surface area contributed by atoms with Gasteiger partial charge >= 0.3 is 0 Å². The molecule has 3 aromatic rings. The Bertz CT molecular complexity index is 1000. The Kier molecular flexibility index (Phi) is 6.39. The van der Waals surface area contributed by atoms with Crippen molar-refractivity contribution in [2.24, 2.45) is 0 Å². The highest BCUT2D eigenvalue weighted by Gasteiger charge is 2.06. The van der Waals surface area contributed by atoms with Crippen molar-refractivity contribution in [2.45, 2.75) is 6.54 Å². The Hall–Kier alpha value is -3.19. The molecule has 0 fully saturated rings. The lowest BCUT2D eigenvalue weighted by Gasteiger charge is -2.09. The van der Waals surface area contributed by atoms with Gasteiger partial charge in [-0.25, -0.2) is 9.07 Å². The van der Waals surface area contributed by atoms with Crippen LogP contribution >= 0.6 is 11.6 Å². The predicted molar refractivity (Wildman–Crippen MR) is 104 cm³/mol. The summed E-state index contributed by atoms with van der Waals surface area (Å²) in [4.78, 5) is 23.8. The predicted octanol–water partition coefficient (Wildman–Crippen LogP) is 2.90. The van der Waals surface area contributed by atoms with Gasteiger partial charge in [0.25, 0.3) is 11.5 Å². The van der Waals surface area contributed by atoms with E-state index in [-0.39, 0.29) is 37.0 Å². The van der Waals surface area contributed by atoms with Gasteiger partial charge in [-0.3, -0.25) is 9.59 Å². The fourth-order valence-corrected chi connectivity index (χ4v) is 2.54. The monoisotopic (exact) mass is 401 g/mol. The van der Waals surface area contributed by atoms with Gasteiger partial charge in [0.15, 0.2) is 6.61 Å². The van der Waals surface area contributed by atoms with Crippen LogP contribution in [0.5, 0.6) is 5.75 Å². The van der Waals surface area contributed by atoms with Gasteiger partial charge < -0.3 is 10.1 Å². The minimum Gasteiger partial charge on any atom is -0.484 e. The number of aromatic nitrogens is 2. The van der Waals surface area contributed by atoms with Gasteiger partial charge in [-0.15, -0.1) is 0 Å². The van der Waals surface area contributed by atoms with Gasteiger partial charge in [0.2, 0.25) is 0 Å². The molecule has 1 N–H and O–H groups in total. The van der Waals surface area contributed by atoms with E-state index in [1.54, 1.807) is 42.5 Å². The molecule has 0 saturated heterocycles. The topological polar surface area (TPSA) is 73.2 Å². The number of hydrogen-bond donors (Lipinski definition) is 1. The summed E-state index contributed by atoms with van der Waals surface area (Å²) in [6, 6.07) is 15.5. The Labute approximate surface area is 165 Å². The summed E-state index contributed by atoms with van der Waals surface area (Å²) < 4.78 is 19.6. The van der Waals surface area contributed by atoms with Crippen molar-refractivity contribution in [3.8, 4) is 17.0 Å². The second-order valence-electron chi connectivity index (χ2n) is 5.88. The van der Waals surface area contributed by atoms with Crippen molar-refractivity contribution in [1.82, 2.24) is 15.1 Å². The van der Waals surface area contributed by atoms with Crippen LogP contribution in [0.15, 0.2) is 65.5 Å². The normalized spacial score (nSPS) is 10.5. The van der Waals surface area contributed by atoms with Gasteiger partial charge in [0, 0.05) is 23.2 Å². The highest BCUT2D eigenvalue weighted by atomic mass is 35.5. The van der Waals surface area contributed by atoms with Gasteiger partial charge in [-0.05, 0) is 54.6 Å². The molecule has 1 heterocycles. The molecule has 2 aromatic carbocycles. The third-order valence-electron chi connectivity index (χ3n) is 3.84. The second-order valence-corrected chi connectivity index (χ2v) is 6.32. The third-order valence-corrected chi connectivity index (χ3v) is 4.09. The van der Waals surface area contributed by atoms with Crippen LogP contribution in [-0.4, -0.2) is 28.8 Å². The number of amides is 1. The molecule has 0 aliphatic heterocycles. The zero-order chi connectivity index (χ0) is 19.9. The van der Waals surface area contributed by atoms with Gasteiger partial charge in [0.1, 0.15) is 11.6 Å². The smallest absolute Gasteiger partial charge is 0.266 e. The van der Waals surface area contributed by atoms with Crippen LogP contribution in [0.2, 0.25) is 5.02 Å². The van der Waals surface area contributed by atoms with E-state index in [1.807, 2.05) is 0 Å². The summed E-state index contributed by atoms with van der Waals surface area (Å²) in [6.07, 6.45) is 0. The van der Waals surface area contributed by atoms with Gasteiger partial charge in [-0.2, -0.15) is 5.10 Å². The maximum atomic E-state index is 13.0. The fourth-order valence-electron chi connectivity index (χ4n) is 2.42. The van der Waals surface area contributed by atoms with Gasteiger partial charge in [-0.1, -0.05) is 11.6 Å². The maximum Gasteiger partial charge on any atom is 0.266 e. The first-order valence-corrected chi connectivity index (χ1v) is 8.88. The summed E-state index contributed by atoms with van der Waals surface area (Å²) in [5.74, 6) is -0.136. The molecule has 0 aliphatic carbocycles. The van der Waals surface area contributed by atoms with Crippen LogP contribution in [0.4, 0.5) is 4.39 Å². The molecule has 28 heavy (non-hydrogen) atoms. The Balaban J connectivity index is 1.53. The summed E-state index contributed by atoms with van der Waals surface area (Å²) in [6.45, 7) is 0.253. The number of nitrogens with zero attached hydrogens (tertiary/aromatic N) is 2. The summed E-state index contributed by atoms with van der Waals surface area (Å²) in [5.41, 5.74) is 0.935. The van der Waals surface area contributed by atoms with E-state index >= 15 is 0 Å². The van der Waals surface area contributed by atoms with Crippen molar-refractivity contribution in [3.05, 3.63) is 81.9 Å². The number of ether oxygens (including phenoxy) is 1. The summed E-state index contributed by atoms with van der Waals surface area (Å²) in [5, 5.41) is 7.51. The first-order valence-electron chi connectivity index (χ1n) is 8.50. The quantitative estimate of drug-likeness (QED) is 0.660. The maximum absolute atomic E-state index is 13.0. The first-order chi connectivity index (χ1) is 13.5. The van der Waals surface area contributed by atoms with Crippen molar-refractivity contribution in [1.29, 1.82) is 0 Å².